The molecule has 0 saturated carbocycles. The molecule has 7 heteroatoms. The second-order valence-electron chi connectivity index (χ2n) is 3.10. The van der Waals surface area contributed by atoms with Crippen molar-refractivity contribution >= 4 is 14.3 Å². The van der Waals surface area contributed by atoms with Crippen molar-refractivity contribution < 1.29 is 23.5 Å². The summed E-state index contributed by atoms with van der Waals surface area (Å²) in [5.74, 6) is 0. The van der Waals surface area contributed by atoms with Gasteiger partial charge in [0.25, 0.3) is 0 Å². The van der Waals surface area contributed by atoms with Crippen molar-refractivity contribution in [3.05, 3.63) is 35.9 Å². The zero-order chi connectivity index (χ0) is 12.5. The minimum atomic E-state index is -2.93. The van der Waals surface area contributed by atoms with Crippen LogP contribution in [-0.4, -0.2) is 24.1 Å². The van der Waals surface area contributed by atoms with E-state index in [1.807, 2.05) is 30.3 Å². The third-order valence-electron chi connectivity index (χ3n) is 1.81. The zero-order valence-corrected chi connectivity index (χ0v) is 10.1. The molecule has 1 unspecified atom stereocenters. The number of amides is 1. The fraction of sp³-hybridized carbons (Fsp3) is 0.300. The first-order valence-electron chi connectivity index (χ1n) is 4.99. The first-order chi connectivity index (χ1) is 8.18. The van der Waals surface area contributed by atoms with Crippen molar-refractivity contribution in [1.82, 2.24) is 5.32 Å². The zero-order valence-electron chi connectivity index (χ0n) is 9.09. The molecule has 0 heterocycles. The highest BCUT2D eigenvalue weighted by molar-refractivity contribution is 7.32. The molecule has 1 aromatic carbocycles. The Kier molecular flexibility index (Phi) is 6.32. The average Bonchev–Trinajstić information content (AvgIpc) is 2.33. The normalized spacial score (nSPS) is 11.8. The van der Waals surface area contributed by atoms with E-state index in [4.69, 9.17) is 9.63 Å². The number of rotatable bonds is 6. The Bertz CT molecular complexity index is 370. The third-order valence-corrected chi connectivity index (χ3v) is 2.26. The maximum atomic E-state index is 11.1. The van der Waals surface area contributed by atoms with Crippen molar-refractivity contribution in [2.75, 3.05) is 13.2 Å². The lowest BCUT2D eigenvalue weighted by atomic mass is 10.2. The van der Waals surface area contributed by atoms with Gasteiger partial charge in [0, 0.05) is 6.54 Å². The molecule has 17 heavy (non-hydrogen) atoms. The van der Waals surface area contributed by atoms with Gasteiger partial charge in [0.1, 0.15) is 6.61 Å². The van der Waals surface area contributed by atoms with Gasteiger partial charge in [0.15, 0.2) is 0 Å². The van der Waals surface area contributed by atoms with E-state index in [-0.39, 0.29) is 19.8 Å². The molecule has 1 atom stereocenters. The van der Waals surface area contributed by atoms with Gasteiger partial charge < -0.3 is 19.5 Å². The molecule has 0 aliphatic rings. The van der Waals surface area contributed by atoms with E-state index in [1.165, 1.54) is 0 Å². The summed E-state index contributed by atoms with van der Waals surface area (Å²) in [6.45, 7) is 0.295. The van der Waals surface area contributed by atoms with E-state index in [2.05, 4.69) is 9.84 Å². The highest BCUT2D eigenvalue weighted by Gasteiger charge is 2.01. The van der Waals surface area contributed by atoms with Gasteiger partial charge in [0.2, 0.25) is 0 Å². The van der Waals surface area contributed by atoms with Crippen LogP contribution in [0.25, 0.3) is 0 Å². The van der Waals surface area contributed by atoms with Crippen molar-refractivity contribution in [1.29, 1.82) is 0 Å². The van der Waals surface area contributed by atoms with Crippen LogP contribution in [0.3, 0.4) is 0 Å². The van der Waals surface area contributed by atoms with Gasteiger partial charge >= 0.3 is 14.3 Å². The summed E-state index contributed by atoms with van der Waals surface area (Å²) >= 11 is 0. The number of alkyl carbamates (subject to hydrolysis) is 1. The standard InChI is InChI=1S/C10H14NO5P/c12-10(11-6-7-16-17(13)14)15-8-9-4-2-1-3-5-9/h1-5,17H,6-8H2,(H,11,12)(H,13,14). The molecular weight excluding hydrogens is 245 g/mol. The quantitative estimate of drug-likeness (QED) is 0.594. The molecule has 0 bridgehead atoms. The summed E-state index contributed by atoms with van der Waals surface area (Å²) in [5, 5.41) is 2.39. The fourth-order valence-corrected chi connectivity index (χ4v) is 1.34. The van der Waals surface area contributed by atoms with Crippen LogP contribution < -0.4 is 5.32 Å². The molecule has 0 spiro atoms. The molecule has 1 aromatic rings. The maximum absolute atomic E-state index is 11.1. The highest BCUT2D eigenvalue weighted by Crippen LogP contribution is 2.12. The second kappa shape index (κ2) is 7.84. The van der Waals surface area contributed by atoms with Gasteiger partial charge in [0.05, 0.1) is 6.61 Å². The lowest BCUT2D eigenvalue weighted by molar-refractivity contribution is 0.137. The first-order valence-corrected chi connectivity index (χ1v) is 6.25. The third kappa shape index (κ3) is 6.73. The van der Waals surface area contributed by atoms with Crippen molar-refractivity contribution in [3.8, 4) is 0 Å². The van der Waals surface area contributed by atoms with Crippen LogP contribution in [0.4, 0.5) is 4.79 Å². The number of ether oxygens (including phenoxy) is 1. The predicted molar refractivity (Wildman–Crippen MR) is 61.8 cm³/mol. The number of carbonyl (C=O) groups is 1. The molecule has 0 radical (unpaired) electrons. The van der Waals surface area contributed by atoms with Gasteiger partial charge in [-0.05, 0) is 5.56 Å². The fourth-order valence-electron chi connectivity index (χ4n) is 1.07. The summed E-state index contributed by atoms with van der Waals surface area (Å²) in [5.41, 5.74) is 0.888. The lowest BCUT2D eigenvalue weighted by Gasteiger charge is -2.06. The smallest absolute Gasteiger partial charge is 0.407 e. The van der Waals surface area contributed by atoms with Crippen LogP contribution in [0.15, 0.2) is 30.3 Å². The largest absolute Gasteiger partial charge is 0.445 e. The molecule has 2 N–H and O–H groups in total. The van der Waals surface area contributed by atoms with Crippen molar-refractivity contribution in [3.63, 3.8) is 0 Å². The minimum Gasteiger partial charge on any atom is -0.445 e. The number of benzene rings is 1. The minimum absolute atomic E-state index is 0.0191. The van der Waals surface area contributed by atoms with E-state index in [1.54, 1.807) is 0 Å². The summed E-state index contributed by atoms with van der Waals surface area (Å²) in [6.07, 6.45) is -0.588. The first kappa shape index (κ1) is 13.7. The Morgan fingerprint density at radius 2 is 2.06 bits per heavy atom. The van der Waals surface area contributed by atoms with Crippen LogP contribution in [0.2, 0.25) is 0 Å². The number of carbonyl (C=O) groups excluding carboxylic acids is 1. The molecule has 1 rings (SSSR count). The van der Waals surface area contributed by atoms with Crippen LogP contribution in [0.1, 0.15) is 5.56 Å². The van der Waals surface area contributed by atoms with Crippen LogP contribution in [-0.2, 0) is 20.4 Å². The lowest BCUT2D eigenvalue weighted by Crippen LogP contribution is -2.27. The summed E-state index contributed by atoms with van der Waals surface area (Å²) in [4.78, 5) is 19.5. The van der Waals surface area contributed by atoms with Crippen LogP contribution in [0, 0.1) is 0 Å². The number of nitrogens with one attached hydrogen (secondary N) is 1. The average molecular weight is 259 g/mol. The Hall–Kier alpha value is -1.36. The Labute approximate surface area is 99.5 Å². The van der Waals surface area contributed by atoms with E-state index in [9.17, 15) is 9.36 Å². The van der Waals surface area contributed by atoms with Crippen molar-refractivity contribution in [2.24, 2.45) is 0 Å². The molecule has 6 nitrogen and oxygen atoms in total. The molecule has 1 amide bonds. The maximum Gasteiger partial charge on any atom is 0.407 e. The Balaban J connectivity index is 2.11. The van der Waals surface area contributed by atoms with Crippen LogP contribution >= 0.6 is 8.25 Å². The summed E-state index contributed by atoms with van der Waals surface area (Å²) in [7, 11) is -2.93. The molecule has 0 aromatic heterocycles. The SMILES string of the molecule is O=C(NCCO[PH](=O)O)OCc1ccccc1. The molecule has 0 fully saturated rings. The topological polar surface area (TPSA) is 84.9 Å². The Morgan fingerprint density at radius 1 is 1.35 bits per heavy atom. The van der Waals surface area contributed by atoms with Gasteiger partial charge in [-0.3, -0.25) is 4.57 Å². The highest BCUT2D eigenvalue weighted by atomic mass is 31.1. The monoisotopic (exact) mass is 259 g/mol. The predicted octanol–water partition coefficient (Wildman–Crippen LogP) is 1.31. The van der Waals surface area contributed by atoms with Gasteiger partial charge in [-0.2, -0.15) is 0 Å². The number of hydrogen-bond donors (Lipinski definition) is 2. The van der Waals surface area contributed by atoms with E-state index >= 15 is 0 Å². The van der Waals surface area contributed by atoms with Crippen molar-refractivity contribution in [2.45, 2.75) is 6.61 Å². The molecule has 0 aliphatic heterocycles. The Morgan fingerprint density at radius 3 is 2.71 bits per heavy atom. The van der Waals surface area contributed by atoms with Gasteiger partial charge in [-0.15, -0.1) is 0 Å². The summed E-state index contributed by atoms with van der Waals surface area (Å²) in [6, 6.07) is 9.26. The van der Waals surface area contributed by atoms with E-state index < -0.39 is 14.3 Å². The summed E-state index contributed by atoms with van der Waals surface area (Å²) < 4.78 is 19.5. The second-order valence-corrected chi connectivity index (χ2v) is 3.92. The van der Waals surface area contributed by atoms with E-state index in [0.717, 1.165) is 5.56 Å². The van der Waals surface area contributed by atoms with Crippen LogP contribution in [0.5, 0.6) is 0 Å². The molecular formula is C10H14NO5P. The van der Waals surface area contributed by atoms with Gasteiger partial charge in [-0.25, -0.2) is 4.79 Å². The van der Waals surface area contributed by atoms with Gasteiger partial charge in [-0.1, -0.05) is 30.3 Å². The molecule has 94 valence electrons. The number of hydrogen-bond acceptors (Lipinski definition) is 4. The van der Waals surface area contributed by atoms with E-state index in [0.29, 0.717) is 0 Å². The molecule has 0 saturated heterocycles. The molecule has 0 aliphatic carbocycles.